The van der Waals surface area contributed by atoms with E-state index in [1.807, 2.05) is 28.9 Å². The van der Waals surface area contributed by atoms with E-state index in [0.717, 1.165) is 34.3 Å². The van der Waals surface area contributed by atoms with E-state index in [1.54, 1.807) is 6.20 Å². The minimum absolute atomic E-state index is 0.145. The maximum atomic E-state index is 11.3. The molecule has 3 N–H and O–H groups in total. The van der Waals surface area contributed by atoms with Gasteiger partial charge in [-0.15, -0.1) is 0 Å². The van der Waals surface area contributed by atoms with E-state index in [9.17, 15) is 5.11 Å². The van der Waals surface area contributed by atoms with Crippen LogP contribution < -0.4 is 5.73 Å². The zero-order valence-electron chi connectivity index (χ0n) is 11.4. The van der Waals surface area contributed by atoms with Gasteiger partial charge in [-0.3, -0.25) is 4.68 Å². The number of nitrogens with two attached hydrogens (primary N) is 1. The molecule has 20 heavy (non-hydrogen) atoms. The van der Waals surface area contributed by atoms with Crippen molar-refractivity contribution in [2.75, 3.05) is 0 Å². The monoisotopic (exact) mass is 335 g/mol. The first-order valence-electron chi connectivity index (χ1n) is 6.87. The van der Waals surface area contributed by atoms with Gasteiger partial charge >= 0.3 is 0 Å². The fourth-order valence-corrected chi connectivity index (χ4v) is 3.74. The number of rotatable bonds is 3. The lowest BCUT2D eigenvalue weighted by molar-refractivity contribution is 0.0668. The summed E-state index contributed by atoms with van der Waals surface area (Å²) < 4.78 is 2.70. The Bertz CT molecular complexity index is 640. The van der Waals surface area contributed by atoms with Crippen molar-refractivity contribution in [2.45, 2.75) is 38.0 Å². The molecule has 1 aromatic heterocycles. The fraction of sp³-hybridized carbons (Fsp3) is 0.400. The highest BCUT2D eigenvalue weighted by molar-refractivity contribution is 9.10. The molecule has 3 rings (SSSR count). The van der Waals surface area contributed by atoms with E-state index in [0.29, 0.717) is 6.42 Å². The topological polar surface area (TPSA) is 64.1 Å². The van der Waals surface area contributed by atoms with Crippen molar-refractivity contribution in [3.63, 3.8) is 0 Å². The number of halogens is 1. The third-order valence-corrected chi connectivity index (χ3v) is 4.52. The third kappa shape index (κ3) is 1.92. The summed E-state index contributed by atoms with van der Waals surface area (Å²) >= 11 is 3.52. The number of aromatic nitrogens is 2. The molecule has 0 fully saturated rings. The summed E-state index contributed by atoms with van der Waals surface area (Å²) in [6.45, 7) is 2.87. The minimum Gasteiger partial charge on any atom is -0.379 e. The van der Waals surface area contributed by atoms with E-state index >= 15 is 0 Å². The molecule has 0 amide bonds. The summed E-state index contributed by atoms with van der Waals surface area (Å²) in [4.78, 5) is 0. The molecule has 2 unspecified atom stereocenters. The molecule has 0 bridgehead atoms. The highest BCUT2D eigenvalue weighted by Crippen LogP contribution is 2.47. The molecule has 0 radical (unpaired) electrons. The highest BCUT2D eigenvalue weighted by atomic mass is 79.9. The van der Waals surface area contributed by atoms with Crippen molar-refractivity contribution < 1.29 is 5.11 Å². The first-order valence-corrected chi connectivity index (χ1v) is 7.66. The summed E-state index contributed by atoms with van der Waals surface area (Å²) in [5, 5.41) is 15.7. The van der Waals surface area contributed by atoms with Crippen LogP contribution in [0.4, 0.5) is 0 Å². The average molecular weight is 336 g/mol. The van der Waals surface area contributed by atoms with Gasteiger partial charge in [-0.25, -0.2) is 0 Å². The summed E-state index contributed by atoms with van der Waals surface area (Å²) in [6, 6.07) is 7.71. The van der Waals surface area contributed by atoms with Crippen molar-refractivity contribution in [2.24, 2.45) is 5.73 Å². The Morgan fingerprint density at radius 2 is 2.25 bits per heavy atom. The molecular formula is C15H18BrN3O. The standard InChI is InChI=1S/C15H18BrN3O/c1-2-7-19-14(12(16)9-18-19)15(20)8-13(17)10-5-3-4-6-11(10)15/h3-6,9,13,20H,2,7-8,17H2,1H3. The lowest BCUT2D eigenvalue weighted by atomic mass is 9.92. The first-order chi connectivity index (χ1) is 9.58. The second kappa shape index (κ2) is 4.98. The molecule has 1 aliphatic carbocycles. The van der Waals surface area contributed by atoms with Crippen molar-refractivity contribution in [3.8, 4) is 0 Å². The molecule has 1 aliphatic rings. The summed E-state index contributed by atoms with van der Waals surface area (Å²) in [5.41, 5.74) is 7.85. The lowest BCUT2D eigenvalue weighted by Gasteiger charge is -2.26. The quantitative estimate of drug-likeness (QED) is 0.906. The van der Waals surface area contributed by atoms with E-state index in [2.05, 4.69) is 28.0 Å². The van der Waals surface area contributed by atoms with Crippen molar-refractivity contribution in [1.82, 2.24) is 9.78 Å². The maximum absolute atomic E-state index is 11.3. The number of hydrogen-bond acceptors (Lipinski definition) is 3. The molecule has 4 nitrogen and oxygen atoms in total. The summed E-state index contributed by atoms with van der Waals surface area (Å²) in [7, 11) is 0. The van der Waals surface area contributed by atoms with Crippen molar-refractivity contribution in [1.29, 1.82) is 0 Å². The van der Waals surface area contributed by atoms with Crippen LogP contribution in [0.5, 0.6) is 0 Å². The summed E-state index contributed by atoms with van der Waals surface area (Å²) in [5.74, 6) is 0. The number of fused-ring (bicyclic) bond motifs is 1. The van der Waals surface area contributed by atoms with Crippen LogP contribution in [0, 0.1) is 0 Å². The van der Waals surface area contributed by atoms with Crippen LogP contribution in [0.3, 0.4) is 0 Å². The predicted molar refractivity (Wildman–Crippen MR) is 81.2 cm³/mol. The summed E-state index contributed by atoms with van der Waals surface area (Å²) in [6.07, 6.45) is 3.20. The van der Waals surface area contributed by atoms with Gasteiger partial charge in [0.05, 0.1) is 16.4 Å². The number of hydrogen-bond donors (Lipinski definition) is 2. The number of aryl methyl sites for hydroxylation is 1. The molecule has 2 aromatic rings. The Morgan fingerprint density at radius 1 is 1.50 bits per heavy atom. The highest BCUT2D eigenvalue weighted by Gasteiger charge is 2.45. The molecule has 1 heterocycles. The molecule has 106 valence electrons. The molecule has 0 saturated heterocycles. The van der Waals surface area contributed by atoms with Crippen LogP contribution in [-0.4, -0.2) is 14.9 Å². The van der Waals surface area contributed by atoms with Gasteiger partial charge < -0.3 is 10.8 Å². The smallest absolute Gasteiger partial charge is 0.134 e. The van der Waals surface area contributed by atoms with E-state index in [-0.39, 0.29) is 6.04 Å². The molecular weight excluding hydrogens is 318 g/mol. The van der Waals surface area contributed by atoms with Gasteiger partial charge in [-0.2, -0.15) is 5.10 Å². The van der Waals surface area contributed by atoms with Gasteiger partial charge in [0.15, 0.2) is 0 Å². The van der Waals surface area contributed by atoms with Gasteiger partial charge in [0.25, 0.3) is 0 Å². The molecule has 1 aromatic carbocycles. The van der Waals surface area contributed by atoms with Crippen LogP contribution >= 0.6 is 15.9 Å². The van der Waals surface area contributed by atoms with Gasteiger partial charge in [-0.05, 0) is 33.5 Å². The van der Waals surface area contributed by atoms with Gasteiger partial charge in [0, 0.05) is 19.0 Å². The predicted octanol–water partition coefficient (Wildman–Crippen LogP) is 2.70. The van der Waals surface area contributed by atoms with Gasteiger partial charge in [0.2, 0.25) is 0 Å². The zero-order chi connectivity index (χ0) is 14.3. The molecule has 0 spiro atoms. The van der Waals surface area contributed by atoms with Crippen molar-refractivity contribution >= 4 is 15.9 Å². The second-order valence-corrected chi connectivity index (χ2v) is 6.18. The molecule has 2 atom stereocenters. The Kier molecular flexibility index (Phi) is 3.44. The van der Waals surface area contributed by atoms with Gasteiger partial charge in [0.1, 0.15) is 5.60 Å². The van der Waals surface area contributed by atoms with Crippen molar-refractivity contribution in [3.05, 3.63) is 51.8 Å². The van der Waals surface area contributed by atoms with E-state index in [1.165, 1.54) is 0 Å². The maximum Gasteiger partial charge on any atom is 0.134 e. The van der Waals surface area contributed by atoms with Crippen LogP contribution in [-0.2, 0) is 12.1 Å². The van der Waals surface area contributed by atoms with Crippen LogP contribution in [0.2, 0.25) is 0 Å². The van der Waals surface area contributed by atoms with Crippen LogP contribution in [0.1, 0.15) is 42.6 Å². The minimum atomic E-state index is -1.07. The molecule has 5 heteroatoms. The Balaban J connectivity index is 2.17. The number of aliphatic hydroxyl groups is 1. The Morgan fingerprint density at radius 3 is 3.00 bits per heavy atom. The average Bonchev–Trinajstić information content (AvgIpc) is 2.91. The Hall–Kier alpha value is -1.17. The third-order valence-electron chi connectivity index (χ3n) is 3.94. The zero-order valence-corrected chi connectivity index (χ0v) is 13.0. The second-order valence-electron chi connectivity index (χ2n) is 5.32. The lowest BCUT2D eigenvalue weighted by Crippen LogP contribution is -2.29. The van der Waals surface area contributed by atoms with Crippen LogP contribution in [0.25, 0.3) is 0 Å². The van der Waals surface area contributed by atoms with E-state index in [4.69, 9.17) is 5.73 Å². The number of benzene rings is 1. The normalized spacial score (nSPS) is 24.9. The fourth-order valence-electron chi connectivity index (χ4n) is 3.11. The molecule has 0 saturated carbocycles. The Labute approximate surface area is 126 Å². The first kappa shape index (κ1) is 13.8. The number of nitrogens with zero attached hydrogens (tertiary/aromatic N) is 2. The van der Waals surface area contributed by atoms with Crippen LogP contribution in [0.15, 0.2) is 34.9 Å². The largest absolute Gasteiger partial charge is 0.379 e. The molecule has 0 aliphatic heterocycles. The SMILES string of the molecule is CCCn1ncc(Br)c1C1(O)CC(N)c2ccccc21. The van der Waals surface area contributed by atoms with E-state index < -0.39 is 5.60 Å². The van der Waals surface area contributed by atoms with Gasteiger partial charge in [-0.1, -0.05) is 31.2 Å².